The maximum Gasteiger partial charge on any atom is 0.337 e. The van der Waals surface area contributed by atoms with Crippen molar-refractivity contribution in [2.75, 3.05) is 43.6 Å². The highest BCUT2D eigenvalue weighted by Crippen LogP contribution is 2.25. The highest BCUT2D eigenvalue weighted by molar-refractivity contribution is 5.90. The van der Waals surface area contributed by atoms with Crippen molar-refractivity contribution < 1.29 is 14.3 Å². The number of anilines is 2. The largest absolute Gasteiger partial charge is 0.492 e. The quantitative estimate of drug-likeness (QED) is 0.471. The van der Waals surface area contributed by atoms with E-state index >= 15 is 0 Å². The van der Waals surface area contributed by atoms with Gasteiger partial charge in [0.1, 0.15) is 18.2 Å². The zero-order valence-electron chi connectivity index (χ0n) is 17.1. The first-order chi connectivity index (χ1) is 14.7. The third-order valence-electron chi connectivity index (χ3n) is 5.15. The van der Waals surface area contributed by atoms with Crippen molar-refractivity contribution in [2.24, 2.45) is 0 Å². The standard InChI is InChI=1S/C23H26N4O3/c1-29-22(28)17-8-7-9-18(16-17)30-15-12-24-21-19-10-3-4-11-20(19)25-23(26-21)27-13-5-2-6-14-27/h3-4,7-11,16H,2,5-6,12-15H2,1H3,(H,24,25,26). The molecule has 3 aromatic rings. The smallest absolute Gasteiger partial charge is 0.337 e. The molecule has 2 heterocycles. The van der Waals surface area contributed by atoms with Gasteiger partial charge in [0, 0.05) is 18.5 Å². The summed E-state index contributed by atoms with van der Waals surface area (Å²) in [7, 11) is 1.37. The summed E-state index contributed by atoms with van der Waals surface area (Å²) in [5.74, 6) is 1.84. The number of aromatic nitrogens is 2. The molecule has 0 spiro atoms. The number of benzene rings is 2. The number of carbonyl (C=O) groups is 1. The predicted molar refractivity (Wildman–Crippen MR) is 117 cm³/mol. The van der Waals surface area contributed by atoms with Gasteiger partial charge < -0.3 is 19.7 Å². The number of methoxy groups -OCH3 is 1. The van der Waals surface area contributed by atoms with E-state index in [9.17, 15) is 4.79 Å². The molecule has 0 saturated carbocycles. The molecule has 0 amide bonds. The monoisotopic (exact) mass is 406 g/mol. The maximum absolute atomic E-state index is 11.7. The van der Waals surface area contributed by atoms with Gasteiger partial charge in [-0.05, 0) is 49.6 Å². The lowest BCUT2D eigenvalue weighted by Gasteiger charge is -2.27. The minimum atomic E-state index is -0.378. The molecule has 30 heavy (non-hydrogen) atoms. The zero-order valence-corrected chi connectivity index (χ0v) is 17.1. The predicted octanol–water partition coefficient (Wildman–Crippen LogP) is 3.90. The van der Waals surface area contributed by atoms with Crippen molar-refractivity contribution in [2.45, 2.75) is 19.3 Å². The summed E-state index contributed by atoms with van der Waals surface area (Å²) in [5, 5.41) is 4.38. The number of hydrogen-bond acceptors (Lipinski definition) is 7. The molecular formula is C23H26N4O3. The molecule has 0 aliphatic carbocycles. The van der Waals surface area contributed by atoms with Crippen LogP contribution in [0.15, 0.2) is 48.5 Å². The Kier molecular flexibility index (Phi) is 6.27. The van der Waals surface area contributed by atoms with Gasteiger partial charge >= 0.3 is 5.97 Å². The van der Waals surface area contributed by atoms with Gasteiger partial charge in [0.15, 0.2) is 0 Å². The Balaban J connectivity index is 1.44. The SMILES string of the molecule is COC(=O)c1cccc(OCCNc2nc(N3CCCCC3)nc3ccccc23)c1. The number of esters is 1. The van der Waals surface area contributed by atoms with Gasteiger partial charge in [0.2, 0.25) is 5.95 Å². The molecule has 1 saturated heterocycles. The number of hydrogen-bond donors (Lipinski definition) is 1. The number of ether oxygens (including phenoxy) is 2. The van der Waals surface area contributed by atoms with E-state index in [1.165, 1.54) is 26.4 Å². The fraction of sp³-hybridized carbons (Fsp3) is 0.348. The molecular weight excluding hydrogens is 380 g/mol. The highest BCUT2D eigenvalue weighted by atomic mass is 16.5. The first kappa shape index (κ1) is 19.9. The fourth-order valence-corrected chi connectivity index (χ4v) is 3.60. The lowest BCUT2D eigenvalue weighted by molar-refractivity contribution is 0.0600. The molecule has 0 unspecified atom stereocenters. The minimum absolute atomic E-state index is 0.378. The van der Waals surface area contributed by atoms with E-state index in [0.717, 1.165) is 35.8 Å². The number of nitrogens with zero attached hydrogens (tertiary/aromatic N) is 3. The normalized spacial score (nSPS) is 13.8. The van der Waals surface area contributed by atoms with Crippen LogP contribution in [0.4, 0.5) is 11.8 Å². The van der Waals surface area contributed by atoms with Gasteiger partial charge in [-0.3, -0.25) is 0 Å². The van der Waals surface area contributed by atoms with Crippen molar-refractivity contribution >= 4 is 28.6 Å². The van der Waals surface area contributed by atoms with E-state index < -0.39 is 0 Å². The first-order valence-electron chi connectivity index (χ1n) is 10.3. The molecule has 2 aromatic carbocycles. The van der Waals surface area contributed by atoms with E-state index in [1.807, 2.05) is 30.3 Å². The van der Waals surface area contributed by atoms with Gasteiger partial charge in [-0.1, -0.05) is 18.2 Å². The van der Waals surface area contributed by atoms with E-state index in [2.05, 4.69) is 10.2 Å². The Morgan fingerprint density at radius 1 is 1.07 bits per heavy atom. The number of carbonyl (C=O) groups excluding carboxylic acids is 1. The molecule has 1 fully saturated rings. The van der Waals surface area contributed by atoms with Gasteiger partial charge in [-0.15, -0.1) is 0 Å². The molecule has 0 radical (unpaired) electrons. The van der Waals surface area contributed by atoms with Crippen molar-refractivity contribution in [3.63, 3.8) is 0 Å². The average Bonchev–Trinajstić information content (AvgIpc) is 2.81. The summed E-state index contributed by atoms with van der Waals surface area (Å²) in [6.07, 6.45) is 3.62. The second-order valence-electron chi connectivity index (χ2n) is 7.23. The first-order valence-corrected chi connectivity index (χ1v) is 10.3. The Morgan fingerprint density at radius 3 is 2.73 bits per heavy atom. The molecule has 1 aliphatic heterocycles. The Morgan fingerprint density at radius 2 is 1.90 bits per heavy atom. The van der Waals surface area contributed by atoms with Crippen LogP contribution in [0.5, 0.6) is 5.75 Å². The third kappa shape index (κ3) is 4.62. The number of rotatable bonds is 7. The van der Waals surface area contributed by atoms with Crippen molar-refractivity contribution in [3.8, 4) is 5.75 Å². The number of fused-ring (bicyclic) bond motifs is 1. The fourth-order valence-electron chi connectivity index (χ4n) is 3.60. The van der Waals surface area contributed by atoms with E-state index in [1.54, 1.807) is 18.2 Å². The Hall–Kier alpha value is -3.35. The molecule has 0 atom stereocenters. The summed E-state index contributed by atoms with van der Waals surface area (Å²) >= 11 is 0. The van der Waals surface area contributed by atoms with Crippen LogP contribution in [0.3, 0.4) is 0 Å². The van der Waals surface area contributed by atoms with Crippen LogP contribution in [0.1, 0.15) is 29.6 Å². The summed E-state index contributed by atoms with van der Waals surface area (Å²) in [5.41, 5.74) is 1.40. The van der Waals surface area contributed by atoms with Crippen molar-refractivity contribution in [1.82, 2.24) is 9.97 Å². The molecule has 0 bridgehead atoms. The average molecular weight is 406 g/mol. The van der Waals surface area contributed by atoms with E-state index in [0.29, 0.717) is 24.5 Å². The second-order valence-corrected chi connectivity index (χ2v) is 7.23. The van der Waals surface area contributed by atoms with Crippen molar-refractivity contribution in [3.05, 3.63) is 54.1 Å². The molecule has 7 nitrogen and oxygen atoms in total. The maximum atomic E-state index is 11.7. The minimum Gasteiger partial charge on any atom is -0.492 e. The third-order valence-corrected chi connectivity index (χ3v) is 5.15. The molecule has 4 rings (SSSR count). The van der Waals surface area contributed by atoms with Gasteiger partial charge in [-0.2, -0.15) is 4.98 Å². The van der Waals surface area contributed by atoms with Gasteiger partial charge in [0.05, 0.1) is 24.7 Å². The molecule has 1 aromatic heterocycles. The molecule has 7 heteroatoms. The van der Waals surface area contributed by atoms with Crippen molar-refractivity contribution in [1.29, 1.82) is 0 Å². The van der Waals surface area contributed by atoms with Crippen LogP contribution in [-0.2, 0) is 4.74 Å². The summed E-state index contributed by atoms with van der Waals surface area (Å²) in [4.78, 5) is 23.5. The second kappa shape index (κ2) is 9.43. The van der Waals surface area contributed by atoms with E-state index in [-0.39, 0.29) is 5.97 Å². The van der Waals surface area contributed by atoms with Crippen LogP contribution in [0.25, 0.3) is 10.9 Å². The molecule has 1 aliphatic rings. The Bertz CT molecular complexity index is 1020. The molecule has 156 valence electrons. The number of nitrogens with one attached hydrogen (secondary N) is 1. The van der Waals surface area contributed by atoms with Gasteiger partial charge in [0.25, 0.3) is 0 Å². The van der Waals surface area contributed by atoms with Crippen LogP contribution < -0.4 is 15.0 Å². The highest BCUT2D eigenvalue weighted by Gasteiger charge is 2.16. The van der Waals surface area contributed by atoms with Crippen LogP contribution in [0, 0.1) is 0 Å². The lowest BCUT2D eigenvalue weighted by Crippen LogP contribution is -2.31. The van der Waals surface area contributed by atoms with Gasteiger partial charge in [-0.25, -0.2) is 9.78 Å². The topological polar surface area (TPSA) is 76.6 Å². The van der Waals surface area contributed by atoms with E-state index in [4.69, 9.17) is 19.4 Å². The lowest BCUT2D eigenvalue weighted by atomic mass is 10.1. The Labute approximate surface area is 176 Å². The summed E-state index contributed by atoms with van der Waals surface area (Å²) in [6.45, 7) is 3.00. The van der Waals surface area contributed by atoms with Crippen LogP contribution in [0.2, 0.25) is 0 Å². The van der Waals surface area contributed by atoms with Crippen LogP contribution >= 0.6 is 0 Å². The summed E-state index contributed by atoms with van der Waals surface area (Å²) in [6, 6.07) is 15.0. The number of piperidine rings is 1. The number of para-hydroxylation sites is 1. The zero-order chi connectivity index (χ0) is 20.8. The van der Waals surface area contributed by atoms with Crippen LogP contribution in [-0.4, -0.2) is 49.3 Å². The molecule has 1 N–H and O–H groups in total. The summed E-state index contributed by atoms with van der Waals surface area (Å²) < 4.78 is 10.5.